The van der Waals surface area contributed by atoms with Gasteiger partial charge in [0.05, 0.1) is 4.91 Å². The molecule has 74 valence electrons. The Morgan fingerprint density at radius 2 is 1.85 bits per heavy atom. The van der Waals surface area contributed by atoms with Crippen molar-refractivity contribution in [3.05, 3.63) is 11.0 Å². The van der Waals surface area contributed by atoms with Crippen LogP contribution in [0.3, 0.4) is 0 Å². The highest BCUT2D eigenvalue weighted by Gasteiger charge is 2.19. The molecule has 0 N–H and O–H groups in total. The fraction of sp³-hybridized carbons (Fsp3) is 0.667. The standard InChI is InChI=1S/C9H16N2OS/c1-3-8(13)9(12)11-6-4-10(2)5-7-11/h3,13H,4-7H2,1-2H3/b8-3-. The molecule has 0 atom stereocenters. The molecule has 0 aromatic carbocycles. The first-order valence-electron chi connectivity index (χ1n) is 4.48. The molecule has 13 heavy (non-hydrogen) atoms. The maximum absolute atomic E-state index is 11.6. The fourth-order valence-corrected chi connectivity index (χ4v) is 1.44. The maximum Gasteiger partial charge on any atom is 0.259 e. The topological polar surface area (TPSA) is 23.6 Å². The lowest BCUT2D eigenvalue weighted by Crippen LogP contribution is -2.47. The Kier molecular flexibility index (Phi) is 3.81. The molecule has 0 aromatic heterocycles. The zero-order chi connectivity index (χ0) is 9.84. The molecule has 0 aliphatic carbocycles. The minimum absolute atomic E-state index is 0.0546. The third-order valence-electron chi connectivity index (χ3n) is 2.28. The summed E-state index contributed by atoms with van der Waals surface area (Å²) < 4.78 is 0. The average molecular weight is 200 g/mol. The first-order chi connectivity index (χ1) is 6.15. The number of allylic oxidation sites excluding steroid dienone is 1. The highest BCUT2D eigenvalue weighted by molar-refractivity contribution is 7.85. The molecule has 0 spiro atoms. The van der Waals surface area contributed by atoms with Crippen LogP contribution in [0.4, 0.5) is 0 Å². The van der Waals surface area contributed by atoms with Crippen molar-refractivity contribution >= 4 is 18.5 Å². The first kappa shape index (κ1) is 10.6. The zero-order valence-corrected chi connectivity index (χ0v) is 9.05. The van der Waals surface area contributed by atoms with E-state index in [4.69, 9.17) is 0 Å². The summed E-state index contributed by atoms with van der Waals surface area (Å²) in [7, 11) is 2.07. The second-order valence-electron chi connectivity index (χ2n) is 3.27. The third-order valence-corrected chi connectivity index (χ3v) is 2.73. The average Bonchev–Trinajstić information content (AvgIpc) is 2.17. The molecule has 3 nitrogen and oxygen atoms in total. The van der Waals surface area contributed by atoms with Gasteiger partial charge < -0.3 is 9.80 Å². The first-order valence-corrected chi connectivity index (χ1v) is 4.93. The summed E-state index contributed by atoms with van der Waals surface area (Å²) in [5.41, 5.74) is 0. The van der Waals surface area contributed by atoms with Crippen LogP contribution < -0.4 is 0 Å². The largest absolute Gasteiger partial charge is 0.336 e. The number of rotatable bonds is 1. The summed E-state index contributed by atoms with van der Waals surface area (Å²) in [6.45, 7) is 5.36. The molecule has 1 heterocycles. The van der Waals surface area contributed by atoms with Crippen molar-refractivity contribution < 1.29 is 4.79 Å². The van der Waals surface area contributed by atoms with Crippen LogP contribution in [0.2, 0.25) is 0 Å². The number of hydrogen-bond acceptors (Lipinski definition) is 3. The van der Waals surface area contributed by atoms with E-state index in [0.717, 1.165) is 26.2 Å². The van der Waals surface area contributed by atoms with Gasteiger partial charge in [-0.15, -0.1) is 12.6 Å². The van der Waals surface area contributed by atoms with Gasteiger partial charge in [0.1, 0.15) is 0 Å². The fourth-order valence-electron chi connectivity index (χ4n) is 1.30. The lowest BCUT2D eigenvalue weighted by atomic mass is 10.3. The Balaban J connectivity index is 2.50. The molecule has 0 radical (unpaired) electrons. The summed E-state index contributed by atoms with van der Waals surface area (Å²) in [6, 6.07) is 0. The van der Waals surface area contributed by atoms with Gasteiger partial charge in [-0.25, -0.2) is 0 Å². The zero-order valence-electron chi connectivity index (χ0n) is 8.16. The molecule has 1 amide bonds. The van der Waals surface area contributed by atoms with Crippen LogP contribution in [0.5, 0.6) is 0 Å². The van der Waals surface area contributed by atoms with Crippen molar-refractivity contribution in [1.82, 2.24) is 9.80 Å². The number of hydrogen-bond donors (Lipinski definition) is 1. The molecule has 0 saturated carbocycles. The Bertz CT molecular complexity index is 220. The number of likely N-dealkylation sites (N-methyl/N-ethyl adjacent to an activating group) is 1. The molecule has 1 saturated heterocycles. The van der Waals surface area contributed by atoms with E-state index in [9.17, 15) is 4.79 Å². The van der Waals surface area contributed by atoms with Crippen molar-refractivity contribution in [3.8, 4) is 0 Å². The Labute approximate surface area is 84.8 Å². The van der Waals surface area contributed by atoms with E-state index in [1.54, 1.807) is 6.08 Å². The number of carbonyl (C=O) groups is 1. The van der Waals surface area contributed by atoms with Crippen LogP contribution >= 0.6 is 12.6 Å². The summed E-state index contributed by atoms with van der Waals surface area (Å²) in [6.07, 6.45) is 1.74. The second-order valence-corrected chi connectivity index (χ2v) is 3.75. The summed E-state index contributed by atoms with van der Waals surface area (Å²) in [4.78, 5) is 16.2. The minimum Gasteiger partial charge on any atom is -0.336 e. The number of carbonyl (C=O) groups excluding carboxylic acids is 1. The van der Waals surface area contributed by atoms with Gasteiger partial charge in [0.2, 0.25) is 0 Å². The number of piperazine rings is 1. The minimum atomic E-state index is 0.0546. The van der Waals surface area contributed by atoms with E-state index in [2.05, 4.69) is 24.6 Å². The quantitative estimate of drug-likeness (QED) is 0.495. The number of thiol groups is 1. The smallest absolute Gasteiger partial charge is 0.259 e. The summed E-state index contributed by atoms with van der Waals surface area (Å²) in [5.74, 6) is 0.0546. The molecular weight excluding hydrogens is 184 g/mol. The lowest BCUT2D eigenvalue weighted by molar-refractivity contribution is -0.127. The molecular formula is C9H16N2OS. The van der Waals surface area contributed by atoms with Crippen LogP contribution in [-0.2, 0) is 4.79 Å². The molecule has 4 heteroatoms. The highest BCUT2D eigenvalue weighted by atomic mass is 32.1. The number of nitrogens with zero attached hydrogens (tertiary/aromatic N) is 2. The van der Waals surface area contributed by atoms with E-state index in [0.29, 0.717) is 4.91 Å². The Hall–Kier alpha value is -0.480. The van der Waals surface area contributed by atoms with E-state index >= 15 is 0 Å². The Morgan fingerprint density at radius 1 is 1.31 bits per heavy atom. The van der Waals surface area contributed by atoms with Gasteiger partial charge in [0.15, 0.2) is 0 Å². The molecule has 0 aromatic rings. The third kappa shape index (κ3) is 2.74. The van der Waals surface area contributed by atoms with Crippen LogP contribution in [-0.4, -0.2) is 48.9 Å². The van der Waals surface area contributed by atoms with E-state index in [-0.39, 0.29) is 5.91 Å². The van der Waals surface area contributed by atoms with Gasteiger partial charge in [-0.05, 0) is 14.0 Å². The normalized spacial score (nSPS) is 20.5. The van der Waals surface area contributed by atoms with Crippen molar-refractivity contribution in [2.24, 2.45) is 0 Å². The van der Waals surface area contributed by atoms with Gasteiger partial charge in [0.25, 0.3) is 5.91 Å². The van der Waals surface area contributed by atoms with Crippen molar-refractivity contribution in [3.63, 3.8) is 0 Å². The predicted octanol–water partition coefficient (Wildman–Crippen LogP) is 0.594. The maximum atomic E-state index is 11.6. The predicted molar refractivity (Wildman–Crippen MR) is 56.8 cm³/mol. The van der Waals surface area contributed by atoms with Gasteiger partial charge in [0, 0.05) is 26.2 Å². The lowest BCUT2D eigenvalue weighted by Gasteiger charge is -2.32. The number of amides is 1. The Morgan fingerprint density at radius 3 is 2.31 bits per heavy atom. The molecule has 1 aliphatic rings. The molecule has 1 fully saturated rings. The van der Waals surface area contributed by atoms with Crippen LogP contribution in [0.25, 0.3) is 0 Å². The van der Waals surface area contributed by atoms with E-state index < -0.39 is 0 Å². The van der Waals surface area contributed by atoms with Gasteiger partial charge in [-0.1, -0.05) is 6.08 Å². The van der Waals surface area contributed by atoms with Gasteiger partial charge in [-0.3, -0.25) is 4.79 Å². The summed E-state index contributed by atoms with van der Waals surface area (Å²) in [5, 5.41) is 0. The van der Waals surface area contributed by atoms with E-state index in [1.165, 1.54) is 0 Å². The van der Waals surface area contributed by atoms with Crippen molar-refractivity contribution in [2.45, 2.75) is 6.92 Å². The molecule has 0 bridgehead atoms. The summed E-state index contributed by atoms with van der Waals surface area (Å²) >= 11 is 4.11. The van der Waals surface area contributed by atoms with Crippen LogP contribution in [0.1, 0.15) is 6.92 Å². The van der Waals surface area contributed by atoms with Crippen molar-refractivity contribution in [2.75, 3.05) is 33.2 Å². The van der Waals surface area contributed by atoms with Crippen LogP contribution in [0, 0.1) is 0 Å². The second kappa shape index (κ2) is 4.67. The van der Waals surface area contributed by atoms with E-state index in [1.807, 2.05) is 11.8 Å². The molecule has 1 rings (SSSR count). The SMILES string of the molecule is C/C=C(\S)C(=O)N1CCN(C)CC1. The van der Waals surface area contributed by atoms with Crippen molar-refractivity contribution in [1.29, 1.82) is 0 Å². The van der Waals surface area contributed by atoms with Gasteiger partial charge in [-0.2, -0.15) is 0 Å². The highest BCUT2D eigenvalue weighted by Crippen LogP contribution is 2.08. The molecule has 0 unspecified atom stereocenters. The molecule has 1 aliphatic heterocycles. The monoisotopic (exact) mass is 200 g/mol. The van der Waals surface area contributed by atoms with Gasteiger partial charge >= 0.3 is 0 Å². The van der Waals surface area contributed by atoms with Crippen LogP contribution in [0.15, 0.2) is 11.0 Å².